The normalized spacial score (nSPS) is 22.5. The van der Waals surface area contributed by atoms with Gasteiger partial charge in [0.1, 0.15) is 29.2 Å². The maximum Gasteiger partial charge on any atom is 0.410 e. The van der Waals surface area contributed by atoms with E-state index >= 15 is 0 Å². The Morgan fingerprint density at radius 2 is 1.18 bits per heavy atom. The molecule has 0 aromatic heterocycles. The fraction of sp³-hybridized carbons (Fsp3) is 0.556. The second kappa shape index (κ2) is 16.1. The molecule has 6 rings (SSSR count). The van der Waals surface area contributed by atoms with Gasteiger partial charge in [0, 0.05) is 47.2 Å². The number of fused-ring (bicyclic) bond motifs is 4. The van der Waals surface area contributed by atoms with Crippen molar-refractivity contribution in [3.8, 4) is 12.1 Å². The number of amides is 2. The van der Waals surface area contributed by atoms with Crippen molar-refractivity contribution in [2.45, 2.75) is 103 Å². The number of nitrogens with one attached hydrogen (secondary N) is 1. The smallest absolute Gasteiger partial charge is 0.410 e. The molecule has 0 radical (unpaired) electrons. The van der Waals surface area contributed by atoms with Crippen molar-refractivity contribution < 1.29 is 23.5 Å². The van der Waals surface area contributed by atoms with E-state index in [0.717, 1.165) is 62.0 Å². The minimum absolute atomic E-state index is 0.0642. The molecule has 49 heavy (non-hydrogen) atoms. The van der Waals surface area contributed by atoms with Crippen LogP contribution in [0.5, 0.6) is 0 Å². The van der Waals surface area contributed by atoms with Crippen molar-refractivity contribution in [3.05, 3.63) is 62.3 Å². The molecule has 4 bridgehead atoms. The van der Waals surface area contributed by atoms with E-state index in [1.54, 1.807) is 12.1 Å². The van der Waals surface area contributed by atoms with Gasteiger partial charge in [-0.15, -0.1) is 0 Å². The molecule has 10 nitrogen and oxygen atoms in total. The zero-order valence-corrected chi connectivity index (χ0v) is 32.1. The average molecular weight is 805 g/mol. The minimum Gasteiger partial charge on any atom is -0.444 e. The average Bonchev–Trinajstić information content (AvgIpc) is 3.44. The summed E-state index contributed by atoms with van der Waals surface area (Å²) in [6.45, 7) is 14.7. The van der Waals surface area contributed by atoms with Crippen LogP contribution in [0.1, 0.15) is 78.4 Å². The number of carbonyl (C=O) groups is 2. The SMILES string of the molecule is CC(C)(C)OC(=O)N1C2CCC1CN(c1ccc(Br)cc1C#N)C2.CC(C)(C)OC(=O)N1C2CCC1CNC2.N#Cc1cc(Br)ccc1F. The van der Waals surface area contributed by atoms with Crippen LogP contribution in [-0.2, 0) is 9.47 Å². The molecule has 0 saturated carbocycles. The van der Waals surface area contributed by atoms with E-state index in [4.69, 9.17) is 14.7 Å². The molecule has 4 atom stereocenters. The summed E-state index contributed by atoms with van der Waals surface area (Å²) in [6, 6.07) is 15.0. The van der Waals surface area contributed by atoms with Crippen LogP contribution in [0.15, 0.2) is 45.3 Å². The third-order valence-corrected chi connectivity index (χ3v) is 9.53. The van der Waals surface area contributed by atoms with Gasteiger partial charge >= 0.3 is 12.2 Å². The number of benzene rings is 2. The molecule has 13 heteroatoms. The summed E-state index contributed by atoms with van der Waals surface area (Å²) in [6.07, 6.45) is 3.83. The molecule has 1 N–H and O–H groups in total. The first-order valence-corrected chi connectivity index (χ1v) is 18.1. The summed E-state index contributed by atoms with van der Waals surface area (Å²) in [5.74, 6) is -0.481. The van der Waals surface area contributed by atoms with Crippen molar-refractivity contribution in [2.75, 3.05) is 31.1 Å². The van der Waals surface area contributed by atoms with Gasteiger partial charge < -0.3 is 19.7 Å². The number of hydrogen-bond donors (Lipinski definition) is 1. The molecule has 2 aromatic rings. The Morgan fingerprint density at radius 3 is 1.63 bits per heavy atom. The molecule has 0 aliphatic carbocycles. The van der Waals surface area contributed by atoms with Gasteiger partial charge in [-0.3, -0.25) is 9.80 Å². The van der Waals surface area contributed by atoms with Crippen LogP contribution in [0.2, 0.25) is 0 Å². The van der Waals surface area contributed by atoms with Crippen LogP contribution in [0.4, 0.5) is 19.7 Å². The summed E-state index contributed by atoms with van der Waals surface area (Å²) in [5, 5.41) is 21.1. The van der Waals surface area contributed by atoms with Gasteiger partial charge in [-0.25, -0.2) is 14.0 Å². The van der Waals surface area contributed by atoms with Gasteiger partial charge in [-0.2, -0.15) is 10.5 Å². The molecule has 2 amide bonds. The van der Waals surface area contributed by atoms with Crippen molar-refractivity contribution in [1.82, 2.24) is 15.1 Å². The van der Waals surface area contributed by atoms with Gasteiger partial charge in [0.15, 0.2) is 0 Å². The highest BCUT2D eigenvalue weighted by Gasteiger charge is 2.45. The van der Waals surface area contributed by atoms with E-state index in [1.165, 1.54) is 12.1 Å². The summed E-state index contributed by atoms with van der Waals surface area (Å²) >= 11 is 6.53. The fourth-order valence-electron chi connectivity index (χ4n) is 6.56. The summed E-state index contributed by atoms with van der Waals surface area (Å²) < 4.78 is 25.1. The molecule has 264 valence electrons. The molecule has 2 aromatic carbocycles. The molecule has 4 saturated heterocycles. The van der Waals surface area contributed by atoms with E-state index < -0.39 is 11.4 Å². The number of carbonyl (C=O) groups excluding carboxylic acids is 2. The predicted molar refractivity (Wildman–Crippen MR) is 193 cm³/mol. The van der Waals surface area contributed by atoms with E-state index in [0.29, 0.717) is 22.1 Å². The quantitative estimate of drug-likeness (QED) is 0.311. The number of hydrogen-bond acceptors (Lipinski definition) is 8. The molecule has 4 aliphatic heterocycles. The first kappa shape index (κ1) is 38.4. The number of rotatable bonds is 1. The number of ether oxygens (including phenoxy) is 2. The van der Waals surface area contributed by atoms with Crippen LogP contribution in [0, 0.1) is 28.5 Å². The molecule has 4 unspecified atom stereocenters. The minimum atomic E-state index is -0.481. The van der Waals surface area contributed by atoms with E-state index in [9.17, 15) is 19.2 Å². The third kappa shape index (κ3) is 10.3. The Morgan fingerprint density at radius 1 is 0.755 bits per heavy atom. The fourth-order valence-corrected chi connectivity index (χ4v) is 7.28. The monoisotopic (exact) mass is 802 g/mol. The van der Waals surface area contributed by atoms with Gasteiger partial charge in [0.2, 0.25) is 0 Å². The highest BCUT2D eigenvalue weighted by atomic mass is 79.9. The number of nitrogens with zero attached hydrogens (tertiary/aromatic N) is 5. The Hall–Kier alpha value is -3.39. The van der Waals surface area contributed by atoms with Crippen molar-refractivity contribution in [3.63, 3.8) is 0 Å². The van der Waals surface area contributed by atoms with Gasteiger partial charge in [-0.1, -0.05) is 31.9 Å². The Balaban J connectivity index is 0.000000184. The molecule has 4 aliphatic rings. The summed E-state index contributed by atoms with van der Waals surface area (Å²) in [7, 11) is 0. The predicted octanol–water partition coefficient (Wildman–Crippen LogP) is 7.73. The van der Waals surface area contributed by atoms with Crippen LogP contribution in [-0.4, -0.2) is 83.5 Å². The second-order valence-corrected chi connectivity index (χ2v) is 16.4. The molecular formula is C36H45Br2FN6O4. The Bertz CT molecular complexity index is 1570. The zero-order chi connectivity index (χ0) is 36.1. The van der Waals surface area contributed by atoms with Crippen molar-refractivity contribution in [1.29, 1.82) is 10.5 Å². The molecule has 4 fully saturated rings. The number of anilines is 1. The third-order valence-electron chi connectivity index (χ3n) is 8.54. The molecule has 4 heterocycles. The molecular weight excluding hydrogens is 759 g/mol. The van der Waals surface area contributed by atoms with Crippen LogP contribution in [0.25, 0.3) is 0 Å². The van der Waals surface area contributed by atoms with E-state index in [1.807, 2.05) is 69.5 Å². The lowest BCUT2D eigenvalue weighted by molar-refractivity contribution is 0.00974. The van der Waals surface area contributed by atoms with Gasteiger partial charge in [-0.05, 0) is 104 Å². The highest BCUT2D eigenvalue weighted by molar-refractivity contribution is 9.10. The van der Waals surface area contributed by atoms with Gasteiger partial charge in [0.25, 0.3) is 0 Å². The second-order valence-electron chi connectivity index (χ2n) is 14.6. The Labute approximate surface area is 305 Å². The Kier molecular flexibility index (Phi) is 12.6. The lowest BCUT2D eigenvalue weighted by Crippen LogP contribution is -2.57. The summed E-state index contributed by atoms with van der Waals surface area (Å²) in [4.78, 5) is 30.5. The lowest BCUT2D eigenvalue weighted by Gasteiger charge is -2.42. The number of piperazine rings is 2. The van der Waals surface area contributed by atoms with E-state index in [-0.39, 0.29) is 35.4 Å². The number of nitriles is 2. The van der Waals surface area contributed by atoms with Crippen LogP contribution in [0.3, 0.4) is 0 Å². The lowest BCUT2D eigenvalue weighted by atomic mass is 10.1. The topological polar surface area (TPSA) is 122 Å². The maximum atomic E-state index is 12.5. The first-order chi connectivity index (χ1) is 23.0. The standard InChI is InChI=1S/C18H22BrN3O2.C11H20N2O2.C7H3BrFN/c1-18(2,3)24-17(23)22-14-5-6-15(22)11-21(10-14)16-7-4-13(19)8-12(16)9-20;1-11(2,3)15-10(14)13-8-4-5-9(13)7-12-6-8;8-6-1-2-7(9)5(3-6)4-10/h4,7-8,14-15H,5-6,10-11H2,1-3H3;8-9,12H,4-7H2,1-3H3;1-3H. The molecule has 0 spiro atoms. The largest absolute Gasteiger partial charge is 0.444 e. The first-order valence-electron chi connectivity index (χ1n) is 16.5. The van der Waals surface area contributed by atoms with E-state index in [2.05, 4.69) is 48.1 Å². The summed E-state index contributed by atoms with van der Waals surface area (Å²) in [5.41, 5.74) is 0.805. The van der Waals surface area contributed by atoms with Crippen LogP contribution >= 0.6 is 31.9 Å². The maximum absolute atomic E-state index is 12.5. The highest BCUT2D eigenvalue weighted by Crippen LogP contribution is 2.35. The van der Waals surface area contributed by atoms with Crippen molar-refractivity contribution >= 4 is 49.7 Å². The zero-order valence-electron chi connectivity index (χ0n) is 28.9. The van der Waals surface area contributed by atoms with Crippen LogP contribution < -0.4 is 10.2 Å². The van der Waals surface area contributed by atoms with Gasteiger partial charge in [0.05, 0.1) is 28.9 Å². The number of halogens is 3. The van der Waals surface area contributed by atoms with Crippen molar-refractivity contribution in [2.24, 2.45) is 0 Å².